The maximum atomic E-state index is 12.9. The van der Waals surface area contributed by atoms with Gasteiger partial charge in [-0.2, -0.15) is 0 Å². The molecule has 0 radical (unpaired) electrons. The van der Waals surface area contributed by atoms with Crippen LogP contribution in [0, 0.1) is 5.82 Å². The summed E-state index contributed by atoms with van der Waals surface area (Å²) in [7, 11) is 3.36. The standard InChI is InChI=1S/C15H20FN3O2/c1-18(2)15(21)13-10-17-7-8-19(13)14(20)9-11-3-5-12(16)6-4-11/h3-6,13,17H,7-10H2,1-2H3. The number of amides is 2. The summed E-state index contributed by atoms with van der Waals surface area (Å²) in [6.07, 6.45) is 0.178. The molecule has 21 heavy (non-hydrogen) atoms. The largest absolute Gasteiger partial charge is 0.347 e. The summed E-state index contributed by atoms with van der Waals surface area (Å²) in [6, 6.07) is 5.39. The number of likely N-dealkylation sites (N-methyl/N-ethyl adjacent to an activating group) is 1. The van der Waals surface area contributed by atoms with E-state index in [9.17, 15) is 14.0 Å². The molecule has 0 spiro atoms. The molecule has 1 aromatic rings. The van der Waals surface area contributed by atoms with Crippen LogP contribution in [0.1, 0.15) is 5.56 Å². The van der Waals surface area contributed by atoms with Crippen LogP contribution in [0.25, 0.3) is 0 Å². The van der Waals surface area contributed by atoms with Crippen LogP contribution < -0.4 is 5.32 Å². The highest BCUT2D eigenvalue weighted by atomic mass is 19.1. The quantitative estimate of drug-likeness (QED) is 0.869. The van der Waals surface area contributed by atoms with Gasteiger partial charge in [-0.15, -0.1) is 0 Å². The van der Waals surface area contributed by atoms with Gasteiger partial charge < -0.3 is 15.1 Å². The van der Waals surface area contributed by atoms with Crippen molar-refractivity contribution in [1.29, 1.82) is 0 Å². The summed E-state index contributed by atoms with van der Waals surface area (Å²) in [6.45, 7) is 1.64. The van der Waals surface area contributed by atoms with E-state index in [1.165, 1.54) is 17.0 Å². The number of hydrogen-bond donors (Lipinski definition) is 1. The van der Waals surface area contributed by atoms with E-state index in [0.29, 0.717) is 19.6 Å². The molecule has 1 aliphatic heterocycles. The predicted molar refractivity (Wildman–Crippen MR) is 77.2 cm³/mol. The first-order chi connectivity index (χ1) is 9.99. The highest BCUT2D eigenvalue weighted by Crippen LogP contribution is 2.11. The van der Waals surface area contributed by atoms with E-state index in [2.05, 4.69) is 5.32 Å². The highest BCUT2D eigenvalue weighted by Gasteiger charge is 2.32. The number of carbonyl (C=O) groups excluding carboxylic acids is 2. The normalized spacial score (nSPS) is 18.4. The number of piperazine rings is 1. The SMILES string of the molecule is CN(C)C(=O)C1CNCCN1C(=O)Cc1ccc(F)cc1. The van der Waals surface area contributed by atoms with Crippen molar-refractivity contribution >= 4 is 11.8 Å². The molecule has 1 N–H and O–H groups in total. The van der Waals surface area contributed by atoms with Gasteiger partial charge >= 0.3 is 0 Å². The van der Waals surface area contributed by atoms with Crippen LogP contribution in [0.2, 0.25) is 0 Å². The number of rotatable bonds is 3. The summed E-state index contributed by atoms with van der Waals surface area (Å²) in [5, 5.41) is 3.14. The van der Waals surface area contributed by atoms with Gasteiger partial charge in [0.15, 0.2) is 0 Å². The molecule has 0 aliphatic carbocycles. The highest BCUT2D eigenvalue weighted by molar-refractivity contribution is 5.88. The third-order valence-electron chi connectivity index (χ3n) is 3.56. The van der Waals surface area contributed by atoms with Gasteiger partial charge in [0.25, 0.3) is 0 Å². The molecule has 1 unspecified atom stereocenters. The zero-order valence-electron chi connectivity index (χ0n) is 12.3. The maximum absolute atomic E-state index is 12.9. The Kier molecular flexibility index (Phi) is 4.90. The molecular weight excluding hydrogens is 273 g/mol. The molecule has 1 aromatic carbocycles. The second-order valence-corrected chi connectivity index (χ2v) is 5.34. The Balaban J connectivity index is 2.08. The number of hydrogen-bond acceptors (Lipinski definition) is 3. The van der Waals surface area contributed by atoms with Crippen molar-refractivity contribution in [1.82, 2.24) is 15.1 Å². The Labute approximate surface area is 123 Å². The Morgan fingerprint density at radius 3 is 2.62 bits per heavy atom. The van der Waals surface area contributed by atoms with Crippen molar-refractivity contribution in [2.45, 2.75) is 12.5 Å². The van der Waals surface area contributed by atoms with E-state index >= 15 is 0 Å². The van der Waals surface area contributed by atoms with E-state index in [0.717, 1.165) is 5.56 Å². The Bertz CT molecular complexity index is 516. The van der Waals surface area contributed by atoms with E-state index in [1.54, 1.807) is 31.1 Å². The molecule has 2 amide bonds. The first-order valence-electron chi connectivity index (χ1n) is 6.95. The molecule has 0 bridgehead atoms. The minimum atomic E-state index is -0.471. The average molecular weight is 293 g/mol. The number of nitrogens with zero attached hydrogens (tertiary/aromatic N) is 2. The van der Waals surface area contributed by atoms with Gasteiger partial charge in [0.1, 0.15) is 11.9 Å². The van der Waals surface area contributed by atoms with Gasteiger partial charge in [0.05, 0.1) is 6.42 Å². The van der Waals surface area contributed by atoms with Crippen molar-refractivity contribution < 1.29 is 14.0 Å². The molecule has 2 rings (SSSR count). The van der Waals surface area contributed by atoms with Crippen molar-refractivity contribution in [3.05, 3.63) is 35.6 Å². The number of benzene rings is 1. The Morgan fingerprint density at radius 2 is 2.00 bits per heavy atom. The lowest BCUT2D eigenvalue weighted by atomic mass is 10.1. The lowest BCUT2D eigenvalue weighted by molar-refractivity contribution is -0.145. The second kappa shape index (κ2) is 6.67. The van der Waals surface area contributed by atoms with Gasteiger partial charge in [0, 0.05) is 33.7 Å². The minimum absolute atomic E-state index is 0.0883. The third kappa shape index (κ3) is 3.78. The van der Waals surface area contributed by atoms with Crippen molar-refractivity contribution in [3.8, 4) is 0 Å². The summed E-state index contributed by atoms with van der Waals surface area (Å²) >= 11 is 0. The molecule has 1 heterocycles. The molecule has 1 saturated heterocycles. The zero-order valence-corrected chi connectivity index (χ0v) is 12.3. The average Bonchev–Trinajstić information content (AvgIpc) is 2.48. The first kappa shape index (κ1) is 15.4. The van der Waals surface area contributed by atoms with E-state index in [-0.39, 0.29) is 24.1 Å². The summed E-state index contributed by atoms with van der Waals surface area (Å²) in [4.78, 5) is 27.7. The molecular formula is C15H20FN3O2. The summed E-state index contributed by atoms with van der Waals surface area (Å²) in [5.74, 6) is -0.521. The lowest BCUT2D eigenvalue weighted by Crippen LogP contribution is -2.59. The van der Waals surface area contributed by atoms with E-state index < -0.39 is 6.04 Å². The fourth-order valence-corrected chi connectivity index (χ4v) is 2.40. The van der Waals surface area contributed by atoms with Gasteiger partial charge in [-0.1, -0.05) is 12.1 Å². The fourth-order valence-electron chi connectivity index (χ4n) is 2.40. The smallest absolute Gasteiger partial charge is 0.246 e. The predicted octanol–water partition coefficient (Wildman–Crippen LogP) is 0.257. The molecule has 5 nitrogen and oxygen atoms in total. The summed E-state index contributed by atoms with van der Waals surface area (Å²) in [5.41, 5.74) is 0.746. The Hall–Kier alpha value is -1.95. The lowest BCUT2D eigenvalue weighted by Gasteiger charge is -2.36. The van der Waals surface area contributed by atoms with Crippen molar-refractivity contribution in [2.24, 2.45) is 0 Å². The van der Waals surface area contributed by atoms with E-state index in [4.69, 9.17) is 0 Å². The van der Waals surface area contributed by atoms with Crippen LogP contribution in [0.5, 0.6) is 0 Å². The third-order valence-corrected chi connectivity index (χ3v) is 3.56. The number of nitrogens with one attached hydrogen (secondary N) is 1. The molecule has 1 fully saturated rings. The maximum Gasteiger partial charge on any atom is 0.246 e. The van der Waals surface area contributed by atoms with Crippen LogP contribution >= 0.6 is 0 Å². The van der Waals surface area contributed by atoms with Crippen LogP contribution in [0.15, 0.2) is 24.3 Å². The zero-order chi connectivity index (χ0) is 15.4. The minimum Gasteiger partial charge on any atom is -0.347 e. The van der Waals surface area contributed by atoms with Crippen molar-refractivity contribution in [3.63, 3.8) is 0 Å². The van der Waals surface area contributed by atoms with Crippen LogP contribution in [-0.2, 0) is 16.0 Å². The molecule has 0 aromatic heterocycles. The van der Waals surface area contributed by atoms with Gasteiger partial charge in [0.2, 0.25) is 11.8 Å². The van der Waals surface area contributed by atoms with Gasteiger partial charge in [-0.05, 0) is 17.7 Å². The van der Waals surface area contributed by atoms with Crippen molar-refractivity contribution in [2.75, 3.05) is 33.7 Å². The first-order valence-corrected chi connectivity index (χ1v) is 6.95. The van der Waals surface area contributed by atoms with Crippen LogP contribution in [0.3, 0.4) is 0 Å². The molecule has 1 atom stereocenters. The van der Waals surface area contributed by atoms with Gasteiger partial charge in [-0.25, -0.2) is 4.39 Å². The monoisotopic (exact) mass is 293 g/mol. The number of halogens is 1. The Morgan fingerprint density at radius 1 is 1.33 bits per heavy atom. The van der Waals surface area contributed by atoms with E-state index in [1.807, 2.05) is 0 Å². The molecule has 6 heteroatoms. The molecule has 0 saturated carbocycles. The molecule has 114 valence electrons. The van der Waals surface area contributed by atoms with Crippen LogP contribution in [-0.4, -0.2) is 61.4 Å². The second-order valence-electron chi connectivity index (χ2n) is 5.34. The topological polar surface area (TPSA) is 52.7 Å². The number of carbonyl (C=O) groups is 2. The summed E-state index contributed by atoms with van der Waals surface area (Å²) < 4.78 is 12.9. The molecule has 1 aliphatic rings. The fraction of sp³-hybridized carbons (Fsp3) is 0.467. The van der Waals surface area contributed by atoms with Crippen LogP contribution in [0.4, 0.5) is 4.39 Å². The van der Waals surface area contributed by atoms with Gasteiger partial charge in [-0.3, -0.25) is 9.59 Å².